The molecule has 6 amide bonds. The van der Waals surface area contributed by atoms with Crippen molar-refractivity contribution in [3.63, 3.8) is 0 Å². The number of ether oxygens (including phenoxy) is 1. The van der Waals surface area contributed by atoms with Crippen LogP contribution in [0.2, 0.25) is 0 Å². The number of benzene rings is 4. The number of carboxylic acids is 1. The average Bonchev–Trinajstić information content (AvgIpc) is 3.33. The number of aromatic carboxylic acids is 1. The molecule has 1 heterocycles. The van der Waals surface area contributed by atoms with Gasteiger partial charge in [-0.3, -0.25) is 28.8 Å². The van der Waals surface area contributed by atoms with Gasteiger partial charge in [0, 0.05) is 52.6 Å². The molecule has 8 N–H and O–H groups in total. The lowest BCUT2D eigenvalue weighted by Gasteiger charge is -2.42. The first-order chi connectivity index (χ1) is 32.7. The number of amides is 6. The van der Waals surface area contributed by atoms with E-state index in [1.807, 2.05) is 61.5 Å². The number of carboxylic acid groups (broad SMARTS) is 1. The standard InChI is InChI=1S/C52H63N7O9/c1-4-47(62)59-26-10-22-52(34-59,32-38-11-6-5-7-12-38)51(67)58-45(30-37-15-17-39(18-16-37)43-20-19-41(50(65)66)29-35(43)2)49(64)56-33-42-14-9-8-13-40(42)31-46(61)57-44(21-24-54-36(3)60)48(63)55-25-28-68-27-23-53/h4-9,11-20,29,44-45H,1,10,21-28,30-34,53H2,2-3H3,(H,54,60)(H,55,63)(H,56,64)(H,57,61)(H,58,67)(H,65,66)/t44-,45-,52-/m0/s1. The molecule has 0 saturated carbocycles. The number of nitrogens with zero attached hydrogens (tertiary/aromatic N) is 1. The van der Waals surface area contributed by atoms with Crippen molar-refractivity contribution < 1.29 is 43.4 Å². The Kier molecular flexibility index (Phi) is 19.6. The van der Waals surface area contributed by atoms with E-state index in [0.29, 0.717) is 50.1 Å². The minimum absolute atomic E-state index is 0.00519. The van der Waals surface area contributed by atoms with Gasteiger partial charge >= 0.3 is 5.97 Å². The zero-order chi connectivity index (χ0) is 49.1. The molecule has 0 unspecified atom stereocenters. The largest absolute Gasteiger partial charge is 0.478 e. The van der Waals surface area contributed by atoms with E-state index in [-0.39, 0.29) is 75.3 Å². The lowest BCUT2D eigenvalue weighted by atomic mass is 9.74. The van der Waals surface area contributed by atoms with Crippen molar-refractivity contribution in [3.05, 3.63) is 143 Å². The monoisotopic (exact) mass is 929 g/mol. The van der Waals surface area contributed by atoms with E-state index in [4.69, 9.17) is 10.5 Å². The molecule has 3 atom stereocenters. The number of aryl methyl sites for hydroxylation is 1. The number of piperidine rings is 1. The molecule has 0 radical (unpaired) electrons. The van der Waals surface area contributed by atoms with Gasteiger partial charge in [-0.1, -0.05) is 91.5 Å². The van der Waals surface area contributed by atoms with E-state index in [1.54, 1.807) is 47.4 Å². The fourth-order valence-corrected chi connectivity index (χ4v) is 8.39. The summed E-state index contributed by atoms with van der Waals surface area (Å²) >= 11 is 0. The number of hydrogen-bond acceptors (Lipinski definition) is 9. The molecule has 4 aromatic carbocycles. The smallest absolute Gasteiger partial charge is 0.335 e. The van der Waals surface area contributed by atoms with Crippen molar-refractivity contribution in [2.75, 3.05) is 45.9 Å². The van der Waals surface area contributed by atoms with Crippen molar-refractivity contribution >= 4 is 41.4 Å². The normalized spacial score (nSPS) is 15.2. The number of carbonyl (C=O) groups excluding carboxylic acids is 6. The summed E-state index contributed by atoms with van der Waals surface area (Å²) in [4.78, 5) is 93.6. The number of carbonyl (C=O) groups is 7. The topological polar surface area (TPSA) is 238 Å². The first-order valence-electron chi connectivity index (χ1n) is 22.8. The molecule has 1 saturated heterocycles. The Bertz CT molecular complexity index is 2410. The summed E-state index contributed by atoms with van der Waals surface area (Å²) in [7, 11) is 0. The minimum Gasteiger partial charge on any atom is -0.478 e. The number of hydrogen-bond donors (Lipinski definition) is 7. The third kappa shape index (κ3) is 15.2. The summed E-state index contributed by atoms with van der Waals surface area (Å²) in [6.07, 6.45) is 2.75. The van der Waals surface area contributed by atoms with Gasteiger partial charge in [0.25, 0.3) is 0 Å². The molecule has 0 aromatic heterocycles. The molecule has 4 aromatic rings. The maximum Gasteiger partial charge on any atom is 0.335 e. The van der Waals surface area contributed by atoms with Crippen molar-refractivity contribution in [2.45, 2.75) is 71.0 Å². The fraction of sp³-hybridized carbons (Fsp3) is 0.365. The molecule has 0 spiro atoms. The number of likely N-dealkylation sites (tertiary alicyclic amines) is 1. The van der Waals surface area contributed by atoms with Crippen LogP contribution < -0.4 is 32.3 Å². The second-order valence-corrected chi connectivity index (χ2v) is 17.0. The molecule has 5 rings (SSSR count). The lowest BCUT2D eigenvalue weighted by molar-refractivity contribution is -0.141. The Morgan fingerprint density at radius 3 is 2.21 bits per heavy atom. The molecule has 16 nitrogen and oxygen atoms in total. The van der Waals surface area contributed by atoms with Gasteiger partial charge in [-0.2, -0.15) is 0 Å². The van der Waals surface area contributed by atoms with Crippen LogP contribution in [-0.4, -0.2) is 109 Å². The predicted octanol–water partition coefficient (Wildman–Crippen LogP) is 3.39. The minimum atomic E-state index is -1.07. The van der Waals surface area contributed by atoms with Crippen LogP contribution in [0.4, 0.5) is 0 Å². The zero-order valence-corrected chi connectivity index (χ0v) is 38.8. The highest BCUT2D eigenvalue weighted by atomic mass is 16.5. The van der Waals surface area contributed by atoms with Crippen LogP contribution in [0, 0.1) is 12.3 Å². The molecule has 68 heavy (non-hydrogen) atoms. The van der Waals surface area contributed by atoms with Gasteiger partial charge in [-0.05, 0) is 89.8 Å². The Balaban J connectivity index is 1.37. The second kappa shape index (κ2) is 25.7. The van der Waals surface area contributed by atoms with Crippen LogP contribution in [-0.2, 0) is 59.3 Å². The lowest BCUT2D eigenvalue weighted by Crippen LogP contribution is -2.58. The zero-order valence-electron chi connectivity index (χ0n) is 38.8. The third-order valence-electron chi connectivity index (χ3n) is 11.9. The van der Waals surface area contributed by atoms with Crippen molar-refractivity contribution in [3.8, 4) is 11.1 Å². The summed E-state index contributed by atoms with van der Waals surface area (Å²) in [5.41, 5.74) is 9.96. The number of nitrogens with one attached hydrogen (secondary N) is 5. The fourth-order valence-electron chi connectivity index (χ4n) is 8.39. The van der Waals surface area contributed by atoms with Gasteiger partial charge < -0.3 is 47.1 Å². The summed E-state index contributed by atoms with van der Waals surface area (Å²) in [6, 6.07) is 27.1. The summed E-state index contributed by atoms with van der Waals surface area (Å²) in [6.45, 7) is 8.75. The van der Waals surface area contributed by atoms with E-state index < -0.39 is 41.2 Å². The second-order valence-electron chi connectivity index (χ2n) is 17.0. The highest BCUT2D eigenvalue weighted by Crippen LogP contribution is 2.35. The van der Waals surface area contributed by atoms with E-state index in [9.17, 15) is 38.7 Å². The number of rotatable bonds is 24. The first kappa shape index (κ1) is 51.8. The van der Waals surface area contributed by atoms with Crippen LogP contribution in [0.1, 0.15) is 64.4 Å². The maximum atomic E-state index is 14.8. The highest BCUT2D eigenvalue weighted by Gasteiger charge is 2.44. The molecule has 0 bridgehead atoms. The summed E-state index contributed by atoms with van der Waals surface area (Å²) in [5, 5.41) is 23.8. The van der Waals surface area contributed by atoms with Crippen molar-refractivity contribution in [2.24, 2.45) is 11.1 Å². The Hall–Kier alpha value is -7.17. The van der Waals surface area contributed by atoms with E-state index in [2.05, 4.69) is 33.2 Å². The van der Waals surface area contributed by atoms with Gasteiger partial charge in [0.2, 0.25) is 35.4 Å². The van der Waals surface area contributed by atoms with E-state index in [1.165, 1.54) is 13.0 Å². The Morgan fingerprint density at radius 2 is 1.53 bits per heavy atom. The van der Waals surface area contributed by atoms with Gasteiger partial charge in [0.15, 0.2) is 0 Å². The van der Waals surface area contributed by atoms with E-state index >= 15 is 0 Å². The molecule has 16 heteroatoms. The quantitative estimate of drug-likeness (QED) is 0.0400. The molecule has 1 aliphatic heterocycles. The SMILES string of the molecule is C=CC(=O)N1CCC[C@@](Cc2ccccc2)(C(=O)N[C@@H](Cc2ccc(-c3ccc(C(=O)O)cc3C)cc2)C(=O)NCc2ccccc2CC(=O)N[C@@H](CCNC(C)=O)C(=O)NCCOCCN)C1. The van der Waals surface area contributed by atoms with Gasteiger partial charge in [-0.15, -0.1) is 0 Å². The molecular formula is C52H63N7O9. The molecule has 360 valence electrons. The third-order valence-corrected chi connectivity index (χ3v) is 11.9. The molecular weight excluding hydrogens is 867 g/mol. The van der Waals surface area contributed by atoms with Gasteiger partial charge in [0.1, 0.15) is 12.1 Å². The van der Waals surface area contributed by atoms with Crippen LogP contribution in [0.5, 0.6) is 0 Å². The average molecular weight is 930 g/mol. The van der Waals surface area contributed by atoms with Crippen LogP contribution >= 0.6 is 0 Å². The number of nitrogens with two attached hydrogens (primary N) is 1. The van der Waals surface area contributed by atoms with E-state index in [0.717, 1.165) is 27.8 Å². The Labute approximate surface area is 397 Å². The van der Waals surface area contributed by atoms with Crippen LogP contribution in [0.25, 0.3) is 11.1 Å². The molecule has 0 aliphatic carbocycles. The van der Waals surface area contributed by atoms with Gasteiger partial charge in [-0.25, -0.2) is 4.79 Å². The Morgan fingerprint density at radius 1 is 0.824 bits per heavy atom. The maximum absolute atomic E-state index is 14.8. The highest BCUT2D eigenvalue weighted by molar-refractivity contribution is 5.93. The molecule has 1 aliphatic rings. The summed E-state index contributed by atoms with van der Waals surface area (Å²) < 4.78 is 5.34. The summed E-state index contributed by atoms with van der Waals surface area (Å²) in [5.74, 6) is -3.30. The van der Waals surface area contributed by atoms with Crippen LogP contribution in [0.15, 0.2) is 110 Å². The first-order valence-corrected chi connectivity index (χ1v) is 22.8. The van der Waals surface area contributed by atoms with Crippen molar-refractivity contribution in [1.29, 1.82) is 0 Å². The van der Waals surface area contributed by atoms with Crippen LogP contribution in [0.3, 0.4) is 0 Å². The molecule has 1 fully saturated rings. The predicted molar refractivity (Wildman–Crippen MR) is 258 cm³/mol. The van der Waals surface area contributed by atoms with Crippen molar-refractivity contribution in [1.82, 2.24) is 31.5 Å². The van der Waals surface area contributed by atoms with Gasteiger partial charge in [0.05, 0.1) is 30.6 Å².